The topological polar surface area (TPSA) is 21.3 Å². The Bertz CT molecular complexity index is 344. The Kier molecular flexibility index (Phi) is 6.90. The summed E-state index contributed by atoms with van der Waals surface area (Å²) >= 11 is 11.9. The minimum absolute atomic E-state index is 0.317. The van der Waals surface area contributed by atoms with Crippen molar-refractivity contribution in [2.75, 3.05) is 19.8 Å². The van der Waals surface area contributed by atoms with Crippen LogP contribution >= 0.6 is 23.2 Å². The van der Waals surface area contributed by atoms with Gasteiger partial charge in [-0.3, -0.25) is 0 Å². The predicted molar refractivity (Wildman–Crippen MR) is 74.1 cm³/mol. The van der Waals surface area contributed by atoms with E-state index >= 15 is 0 Å². The van der Waals surface area contributed by atoms with Crippen molar-refractivity contribution in [1.29, 1.82) is 0 Å². The maximum Gasteiger partial charge on any atom is 0.0622 e. The molecule has 0 aromatic heterocycles. The van der Waals surface area contributed by atoms with Crippen molar-refractivity contribution >= 4 is 23.2 Å². The third-order valence-corrected chi connectivity index (χ3v) is 3.22. The molecule has 1 unspecified atom stereocenters. The zero-order valence-corrected chi connectivity index (χ0v) is 11.8. The van der Waals surface area contributed by atoms with Gasteiger partial charge in [0.25, 0.3) is 0 Å². The third kappa shape index (κ3) is 5.26. The number of hydrogen-bond acceptors (Lipinski definition) is 2. The molecule has 1 N–H and O–H groups in total. The first-order valence-electron chi connectivity index (χ1n) is 5.92. The lowest BCUT2D eigenvalue weighted by Crippen LogP contribution is -2.35. The van der Waals surface area contributed by atoms with E-state index in [1.54, 1.807) is 0 Å². The number of ether oxygens (including phenoxy) is 1. The fourth-order valence-electron chi connectivity index (χ4n) is 1.69. The first-order valence-corrected chi connectivity index (χ1v) is 6.68. The fourth-order valence-corrected chi connectivity index (χ4v) is 2.01. The summed E-state index contributed by atoms with van der Waals surface area (Å²) in [7, 11) is 0. The number of nitrogens with one attached hydrogen (secondary N) is 1. The van der Waals surface area contributed by atoms with Crippen LogP contribution in [0.15, 0.2) is 18.2 Å². The molecular formula is C13H19Cl2NO. The molecule has 0 aliphatic rings. The van der Waals surface area contributed by atoms with Crippen LogP contribution in [0, 0.1) is 0 Å². The van der Waals surface area contributed by atoms with Crippen LogP contribution in [0.2, 0.25) is 10.0 Å². The number of rotatable bonds is 7. The largest absolute Gasteiger partial charge is 0.380 e. The van der Waals surface area contributed by atoms with Crippen molar-refractivity contribution in [2.45, 2.75) is 26.3 Å². The molecule has 0 fully saturated rings. The summed E-state index contributed by atoms with van der Waals surface area (Å²) in [6.07, 6.45) is 0.894. The highest BCUT2D eigenvalue weighted by molar-refractivity contribution is 6.42. The molecule has 1 atom stereocenters. The molecule has 0 aliphatic carbocycles. The maximum atomic E-state index is 6.00. The summed E-state index contributed by atoms with van der Waals surface area (Å²) in [6.45, 7) is 6.48. The second kappa shape index (κ2) is 7.93. The Balaban J connectivity index is 2.61. The van der Waals surface area contributed by atoms with Gasteiger partial charge >= 0.3 is 0 Å². The lowest BCUT2D eigenvalue weighted by Gasteiger charge is -2.18. The smallest absolute Gasteiger partial charge is 0.0622 e. The Morgan fingerprint density at radius 1 is 1.24 bits per heavy atom. The molecule has 0 saturated carbocycles. The van der Waals surface area contributed by atoms with Crippen LogP contribution in [0.3, 0.4) is 0 Å². The van der Waals surface area contributed by atoms with Crippen LogP contribution in [0.4, 0.5) is 0 Å². The SMILES string of the molecule is CCNC(COCC)Cc1ccc(Cl)c(Cl)c1. The van der Waals surface area contributed by atoms with Gasteiger partial charge < -0.3 is 10.1 Å². The van der Waals surface area contributed by atoms with E-state index in [0.29, 0.717) is 22.7 Å². The molecule has 0 aliphatic heterocycles. The first kappa shape index (κ1) is 14.8. The summed E-state index contributed by atoms with van der Waals surface area (Å²) in [5, 5.41) is 4.60. The Hall–Kier alpha value is -0.280. The summed E-state index contributed by atoms with van der Waals surface area (Å²) in [6, 6.07) is 6.07. The predicted octanol–water partition coefficient (Wildman–Crippen LogP) is 3.55. The molecule has 0 spiro atoms. The van der Waals surface area contributed by atoms with Crippen LogP contribution in [-0.2, 0) is 11.2 Å². The van der Waals surface area contributed by atoms with Gasteiger partial charge in [0.1, 0.15) is 0 Å². The van der Waals surface area contributed by atoms with Gasteiger partial charge in [0, 0.05) is 12.6 Å². The zero-order chi connectivity index (χ0) is 12.7. The molecule has 1 aromatic carbocycles. The maximum absolute atomic E-state index is 6.00. The molecular weight excluding hydrogens is 257 g/mol. The normalized spacial score (nSPS) is 12.7. The van der Waals surface area contributed by atoms with E-state index in [1.165, 1.54) is 5.56 Å². The van der Waals surface area contributed by atoms with Gasteiger partial charge in [-0.2, -0.15) is 0 Å². The zero-order valence-electron chi connectivity index (χ0n) is 10.3. The van der Waals surface area contributed by atoms with Crippen molar-refractivity contribution in [3.63, 3.8) is 0 Å². The van der Waals surface area contributed by atoms with Crippen molar-refractivity contribution < 1.29 is 4.74 Å². The number of benzene rings is 1. The highest BCUT2D eigenvalue weighted by Gasteiger charge is 2.09. The average molecular weight is 276 g/mol. The molecule has 2 nitrogen and oxygen atoms in total. The van der Waals surface area contributed by atoms with Gasteiger partial charge in [-0.05, 0) is 37.6 Å². The van der Waals surface area contributed by atoms with E-state index in [4.69, 9.17) is 27.9 Å². The van der Waals surface area contributed by atoms with E-state index < -0.39 is 0 Å². The van der Waals surface area contributed by atoms with Crippen LogP contribution in [-0.4, -0.2) is 25.8 Å². The highest BCUT2D eigenvalue weighted by Crippen LogP contribution is 2.23. The van der Waals surface area contributed by atoms with E-state index in [1.807, 2.05) is 25.1 Å². The van der Waals surface area contributed by atoms with Gasteiger partial charge in [0.2, 0.25) is 0 Å². The van der Waals surface area contributed by atoms with Gasteiger partial charge in [-0.25, -0.2) is 0 Å². The van der Waals surface area contributed by atoms with Crippen LogP contribution < -0.4 is 5.32 Å². The lowest BCUT2D eigenvalue weighted by molar-refractivity contribution is 0.123. The Labute approximate surface area is 113 Å². The summed E-state index contributed by atoms with van der Waals surface area (Å²) in [4.78, 5) is 0. The van der Waals surface area contributed by atoms with Crippen LogP contribution in [0.1, 0.15) is 19.4 Å². The van der Waals surface area contributed by atoms with E-state index in [-0.39, 0.29) is 0 Å². The first-order chi connectivity index (χ1) is 8.17. The minimum atomic E-state index is 0.317. The van der Waals surface area contributed by atoms with E-state index in [0.717, 1.165) is 19.6 Å². The van der Waals surface area contributed by atoms with Gasteiger partial charge in [0.05, 0.1) is 16.7 Å². The van der Waals surface area contributed by atoms with Crippen LogP contribution in [0.25, 0.3) is 0 Å². The second-order valence-electron chi connectivity index (χ2n) is 3.87. The Morgan fingerprint density at radius 3 is 2.59 bits per heavy atom. The molecule has 96 valence electrons. The quantitative estimate of drug-likeness (QED) is 0.822. The summed E-state index contributed by atoms with van der Waals surface area (Å²) in [5.41, 5.74) is 1.17. The Morgan fingerprint density at radius 2 is 2.00 bits per heavy atom. The molecule has 4 heteroatoms. The van der Waals surface area contributed by atoms with E-state index in [2.05, 4.69) is 12.2 Å². The van der Waals surface area contributed by atoms with Gasteiger partial charge in [-0.15, -0.1) is 0 Å². The average Bonchev–Trinajstić information content (AvgIpc) is 2.31. The number of likely N-dealkylation sites (N-methyl/N-ethyl adjacent to an activating group) is 1. The third-order valence-electron chi connectivity index (χ3n) is 2.48. The van der Waals surface area contributed by atoms with Crippen molar-refractivity contribution in [3.05, 3.63) is 33.8 Å². The molecule has 0 heterocycles. The molecule has 0 amide bonds. The van der Waals surface area contributed by atoms with Crippen molar-refractivity contribution in [3.8, 4) is 0 Å². The summed E-state index contributed by atoms with van der Waals surface area (Å²) in [5.74, 6) is 0. The van der Waals surface area contributed by atoms with Crippen molar-refractivity contribution in [1.82, 2.24) is 5.32 Å². The molecule has 17 heavy (non-hydrogen) atoms. The van der Waals surface area contributed by atoms with Gasteiger partial charge in [-0.1, -0.05) is 36.2 Å². The molecule has 1 aromatic rings. The minimum Gasteiger partial charge on any atom is -0.380 e. The molecule has 0 bridgehead atoms. The molecule has 0 radical (unpaired) electrons. The molecule has 0 saturated heterocycles. The standard InChI is InChI=1S/C13H19Cl2NO/c1-3-16-11(9-17-4-2)7-10-5-6-12(14)13(15)8-10/h5-6,8,11,16H,3-4,7,9H2,1-2H3. The highest BCUT2D eigenvalue weighted by atomic mass is 35.5. The molecule has 1 rings (SSSR count). The van der Waals surface area contributed by atoms with Gasteiger partial charge in [0.15, 0.2) is 0 Å². The van der Waals surface area contributed by atoms with Crippen molar-refractivity contribution in [2.24, 2.45) is 0 Å². The lowest BCUT2D eigenvalue weighted by atomic mass is 10.1. The number of hydrogen-bond donors (Lipinski definition) is 1. The summed E-state index contributed by atoms with van der Waals surface area (Å²) < 4.78 is 5.45. The van der Waals surface area contributed by atoms with E-state index in [9.17, 15) is 0 Å². The van der Waals surface area contributed by atoms with Crippen LogP contribution in [0.5, 0.6) is 0 Å². The fraction of sp³-hybridized carbons (Fsp3) is 0.538. The second-order valence-corrected chi connectivity index (χ2v) is 4.68. The monoisotopic (exact) mass is 275 g/mol. The number of halogens is 2.